The van der Waals surface area contributed by atoms with Crippen LogP contribution in [0.3, 0.4) is 0 Å². The smallest absolute Gasteiger partial charge is 0.252 e. The lowest BCUT2D eigenvalue weighted by Crippen LogP contribution is -2.39. The maximum absolute atomic E-state index is 13.1. The molecule has 34 heavy (non-hydrogen) atoms. The Morgan fingerprint density at radius 1 is 1.09 bits per heavy atom. The van der Waals surface area contributed by atoms with E-state index in [2.05, 4.69) is 56.1 Å². The molecule has 7 heteroatoms. The van der Waals surface area contributed by atoms with E-state index >= 15 is 0 Å². The number of hydrogen-bond donors (Lipinski definition) is 1. The standard InChI is InChI=1S/C27H38N6O/c1-3-9-25(26-29-30-31-33(26)23-12-5-4-6-13-23)32(22-10-7-8-11-22)18-21-17-20-16-19(2)14-15-24(20)28-27(21)34/h14-17,22-23,25H,3-13,18H2,1-2H3,(H,28,34)/t25-/m0/s1. The van der Waals surface area contributed by atoms with Gasteiger partial charge < -0.3 is 4.98 Å². The van der Waals surface area contributed by atoms with Crippen LogP contribution in [0.2, 0.25) is 0 Å². The molecule has 0 saturated heterocycles. The van der Waals surface area contributed by atoms with E-state index in [0.717, 1.165) is 48.0 Å². The van der Waals surface area contributed by atoms with Gasteiger partial charge in [-0.25, -0.2) is 4.68 Å². The van der Waals surface area contributed by atoms with Crippen molar-refractivity contribution in [3.05, 3.63) is 51.6 Å². The van der Waals surface area contributed by atoms with Gasteiger partial charge in [-0.2, -0.15) is 0 Å². The fourth-order valence-electron chi connectivity index (χ4n) is 6.14. The highest BCUT2D eigenvalue weighted by Gasteiger charge is 2.34. The number of nitrogens with zero attached hydrogens (tertiary/aromatic N) is 5. The van der Waals surface area contributed by atoms with Crippen molar-refractivity contribution in [2.45, 2.75) is 109 Å². The molecule has 3 aromatic rings. The summed E-state index contributed by atoms with van der Waals surface area (Å²) in [6, 6.07) is 9.28. The molecule has 5 rings (SSSR count). The van der Waals surface area contributed by atoms with Gasteiger partial charge in [0.2, 0.25) is 0 Å². The molecule has 182 valence electrons. The summed E-state index contributed by atoms with van der Waals surface area (Å²) < 4.78 is 2.13. The predicted octanol–water partition coefficient (Wildman–Crippen LogP) is 5.61. The number of fused-ring (bicyclic) bond motifs is 1. The van der Waals surface area contributed by atoms with Crippen LogP contribution in [0.1, 0.15) is 107 Å². The van der Waals surface area contributed by atoms with Crippen LogP contribution in [0.15, 0.2) is 29.1 Å². The van der Waals surface area contributed by atoms with Crippen molar-refractivity contribution < 1.29 is 0 Å². The lowest BCUT2D eigenvalue weighted by molar-refractivity contribution is 0.105. The molecule has 0 amide bonds. The largest absolute Gasteiger partial charge is 0.322 e. The van der Waals surface area contributed by atoms with Crippen LogP contribution in [0.4, 0.5) is 0 Å². The molecule has 0 radical (unpaired) electrons. The van der Waals surface area contributed by atoms with Gasteiger partial charge in [-0.05, 0) is 73.0 Å². The van der Waals surface area contributed by atoms with Crippen molar-refractivity contribution in [3.8, 4) is 0 Å². The number of H-pyrrole nitrogens is 1. The van der Waals surface area contributed by atoms with E-state index in [9.17, 15) is 4.79 Å². The third-order valence-electron chi connectivity index (χ3n) is 7.92. The molecule has 1 N–H and O–H groups in total. The van der Waals surface area contributed by atoms with Crippen LogP contribution in [-0.2, 0) is 6.54 Å². The zero-order chi connectivity index (χ0) is 23.5. The topological polar surface area (TPSA) is 79.7 Å². The molecule has 2 fully saturated rings. The molecular weight excluding hydrogens is 424 g/mol. The van der Waals surface area contributed by atoms with Gasteiger partial charge in [-0.15, -0.1) is 5.10 Å². The molecule has 0 bridgehead atoms. The van der Waals surface area contributed by atoms with Gasteiger partial charge in [0.05, 0.1) is 12.1 Å². The van der Waals surface area contributed by atoms with Gasteiger partial charge in [0.15, 0.2) is 5.82 Å². The molecule has 2 heterocycles. The average molecular weight is 463 g/mol. The molecule has 7 nitrogen and oxygen atoms in total. The highest BCUT2D eigenvalue weighted by Crippen LogP contribution is 2.36. The second-order valence-electron chi connectivity index (χ2n) is 10.4. The summed E-state index contributed by atoms with van der Waals surface area (Å²) in [6.45, 7) is 4.96. The number of rotatable bonds is 8. The third-order valence-corrected chi connectivity index (χ3v) is 7.92. The molecule has 2 aliphatic rings. The average Bonchev–Trinajstić information content (AvgIpc) is 3.55. The van der Waals surface area contributed by atoms with Crippen molar-refractivity contribution in [1.82, 2.24) is 30.1 Å². The molecule has 1 atom stereocenters. The summed E-state index contributed by atoms with van der Waals surface area (Å²) in [6.07, 6.45) is 13.0. The maximum atomic E-state index is 13.1. The van der Waals surface area contributed by atoms with E-state index in [1.54, 1.807) is 0 Å². The fraction of sp³-hybridized carbons (Fsp3) is 0.630. The Morgan fingerprint density at radius 2 is 1.85 bits per heavy atom. The van der Waals surface area contributed by atoms with Crippen LogP contribution >= 0.6 is 0 Å². The summed E-state index contributed by atoms with van der Waals surface area (Å²) in [7, 11) is 0. The number of aryl methyl sites for hydroxylation is 1. The van der Waals surface area contributed by atoms with Crippen molar-refractivity contribution in [2.75, 3.05) is 0 Å². The van der Waals surface area contributed by atoms with E-state index in [-0.39, 0.29) is 11.6 Å². The minimum atomic E-state index is 0.0153. The first-order valence-corrected chi connectivity index (χ1v) is 13.3. The number of aromatic nitrogens is 5. The van der Waals surface area contributed by atoms with Gasteiger partial charge in [0.25, 0.3) is 5.56 Å². The van der Waals surface area contributed by atoms with Crippen molar-refractivity contribution in [1.29, 1.82) is 0 Å². The first-order valence-electron chi connectivity index (χ1n) is 13.3. The number of benzene rings is 1. The van der Waals surface area contributed by atoms with Crippen molar-refractivity contribution >= 4 is 10.9 Å². The van der Waals surface area contributed by atoms with Gasteiger partial charge in [0.1, 0.15) is 0 Å². The van der Waals surface area contributed by atoms with E-state index in [4.69, 9.17) is 0 Å². The number of pyridine rings is 1. The van der Waals surface area contributed by atoms with E-state index in [0.29, 0.717) is 18.6 Å². The third kappa shape index (κ3) is 4.81. The lowest BCUT2D eigenvalue weighted by atomic mass is 9.95. The van der Waals surface area contributed by atoms with E-state index in [1.165, 1.54) is 50.5 Å². The number of nitrogens with one attached hydrogen (secondary N) is 1. The summed E-state index contributed by atoms with van der Waals surface area (Å²) in [5.74, 6) is 0.994. The number of tetrazole rings is 1. The highest BCUT2D eigenvalue weighted by atomic mass is 16.1. The zero-order valence-electron chi connectivity index (χ0n) is 20.7. The second-order valence-corrected chi connectivity index (χ2v) is 10.4. The maximum Gasteiger partial charge on any atom is 0.252 e. The Labute approximate surface area is 201 Å². The zero-order valence-corrected chi connectivity index (χ0v) is 20.7. The quantitative estimate of drug-likeness (QED) is 0.470. The fourth-order valence-corrected chi connectivity index (χ4v) is 6.14. The van der Waals surface area contributed by atoms with Crippen LogP contribution in [0.25, 0.3) is 10.9 Å². The van der Waals surface area contributed by atoms with Crippen LogP contribution in [-0.4, -0.2) is 36.1 Å². The lowest BCUT2D eigenvalue weighted by Gasteiger charge is -2.36. The Balaban J connectivity index is 1.52. The number of hydrogen-bond acceptors (Lipinski definition) is 5. The molecular formula is C27H38N6O. The predicted molar refractivity (Wildman–Crippen MR) is 135 cm³/mol. The van der Waals surface area contributed by atoms with E-state index in [1.807, 2.05) is 12.1 Å². The Hall–Kier alpha value is -2.54. The van der Waals surface area contributed by atoms with Crippen LogP contribution in [0.5, 0.6) is 0 Å². The minimum Gasteiger partial charge on any atom is -0.322 e. The first-order chi connectivity index (χ1) is 16.6. The highest BCUT2D eigenvalue weighted by molar-refractivity contribution is 5.79. The van der Waals surface area contributed by atoms with Gasteiger partial charge >= 0.3 is 0 Å². The van der Waals surface area contributed by atoms with Crippen molar-refractivity contribution in [3.63, 3.8) is 0 Å². The molecule has 0 spiro atoms. The number of aromatic amines is 1. The van der Waals surface area contributed by atoms with Gasteiger partial charge in [-0.3, -0.25) is 9.69 Å². The van der Waals surface area contributed by atoms with E-state index < -0.39 is 0 Å². The summed E-state index contributed by atoms with van der Waals surface area (Å²) in [5.41, 5.74) is 2.95. The molecule has 1 aromatic carbocycles. The van der Waals surface area contributed by atoms with Gasteiger partial charge in [0, 0.05) is 23.7 Å². The second kappa shape index (κ2) is 10.4. The van der Waals surface area contributed by atoms with Gasteiger partial charge in [-0.1, -0.05) is 57.1 Å². The Morgan fingerprint density at radius 3 is 2.62 bits per heavy atom. The van der Waals surface area contributed by atoms with Crippen LogP contribution < -0.4 is 5.56 Å². The minimum absolute atomic E-state index is 0.0153. The summed E-state index contributed by atoms with van der Waals surface area (Å²) >= 11 is 0. The molecule has 2 aromatic heterocycles. The Bertz CT molecular complexity index is 1160. The molecule has 0 unspecified atom stereocenters. The van der Waals surface area contributed by atoms with Crippen molar-refractivity contribution in [2.24, 2.45) is 0 Å². The Kier molecular flexibility index (Phi) is 7.09. The van der Waals surface area contributed by atoms with Crippen LogP contribution in [0, 0.1) is 6.92 Å². The summed E-state index contributed by atoms with van der Waals surface area (Å²) in [5, 5.41) is 14.3. The normalized spacial score (nSPS) is 18.8. The first kappa shape index (κ1) is 23.2. The molecule has 2 saturated carbocycles. The monoisotopic (exact) mass is 462 g/mol. The molecule has 2 aliphatic carbocycles. The molecule has 0 aliphatic heterocycles. The summed E-state index contributed by atoms with van der Waals surface area (Å²) in [4.78, 5) is 18.8. The SMILES string of the molecule is CCC[C@@H](c1nnnn1C1CCCCC1)N(Cc1cc2cc(C)ccc2[nH]c1=O)C1CCCC1.